The maximum Gasteiger partial charge on any atom is 0.265 e. The lowest BCUT2D eigenvalue weighted by molar-refractivity contribution is 0.00208. The summed E-state index contributed by atoms with van der Waals surface area (Å²) in [6.07, 6.45) is 4.52. The minimum atomic E-state index is -2.66. The first-order valence-electron chi connectivity index (χ1n) is 2.68. The Morgan fingerprint density at radius 2 is 2.22 bits per heavy atom. The Kier molecular flexibility index (Phi) is 3.00. The molecule has 0 fully saturated rings. The van der Waals surface area contributed by atoms with Gasteiger partial charge < -0.3 is 5.32 Å². The zero-order chi connectivity index (χ0) is 7.33. The van der Waals surface area contributed by atoms with E-state index in [4.69, 9.17) is 6.42 Å². The van der Waals surface area contributed by atoms with Crippen molar-refractivity contribution >= 4 is 0 Å². The third-order valence-corrected chi connectivity index (χ3v) is 0.966. The zero-order valence-electron chi connectivity index (χ0n) is 5.25. The minimum Gasteiger partial charge on any atom is -0.340 e. The van der Waals surface area contributed by atoms with Crippen molar-refractivity contribution in [2.75, 3.05) is 6.54 Å². The first kappa shape index (κ1) is 8.22. The molecule has 0 aliphatic rings. The monoisotopic (exact) mass is 133 g/mol. The third-order valence-electron chi connectivity index (χ3n) is 0.966. The molecule has 0 saturated carbocycles. The SMILES string of the molecule is C#CNCC(F)(F)CC. The third kappa shape index (κ3) is 3.77. The summed E-state index contributed by atoms with van der Waals surface area (Å²) in [6, 6.07) is 1.93. The van der Waals surface area contributed by atoms with Crippen LogP contribution >= 0.6 is 0 Å². The lowest BCUT2D eigenvalue weighted by Gasteiger charge is -2.11. The molecule has 0 bridgehead atoms. The second-order valence-electron chi connectivity index (χ2n) is 1.71. The van der Waals surface area contributed by atoms with Crippen LogP contribution in [-0.2, 0) is 0 Å². The second kappa shape index (κ2) is 3.29. The van der Waals surface area contributed by atoms with Crippen molar-refractivity contribution in [3.63, 3.8) is 0 Å². The van der Waals surface area contributed by atoms with Crippen molar-refractivity contribution in [1.82, 2.24) is 5.32 Å². The van der Waals surface area contributed by atoms with Gasteiger partial charge >= 0.3 is 0 Å². The largest absolute Gasteiger partial charge is 0.340 e. The number of nitrogens with one attached hydrogen (secondary N) is 1. The molecule has 1 nitrogen and oxygen atoms in total. The molecule has 0 amide bonds. The Hall–Kier alpha value is -0.780. The highest BCUT2D eigenvalue weighted by Gasteiger charge is 2.24. The number of hydrogen-bond donors (Lipinski definition) is 1. The molecule has 0 aromatic heterocycles. The standard InChI is InChI=1S/C6H9F2N/c1-3-6(7,8)5-9-4-2/h2,9H,3,5H2,1H3. The molecule has 9 heavy (non-hydrogen) atoms. The van der Waals surface area contributed by atoms with Crippen LogP contribution in [-0.4, -0.2) is 12.5 Å². The molecule has 0 aromatic rings. The van der Waals surface area contributed by atoms with Gasteiger partial charge in [-0.05, 0) is 0 Å². The van der Waals surface area contributed by atoms with Gasteiger partial charge in [0.1, 0.15) is 0 Å². The maximum absolute atomic E-state index is 12.2. The van der Waals surface area contributed by atoms with Crippen molar-refractivity contribution in [2.24, 2.45) is 0 Å². The van der Waals surface area contributed by atoms with E-state index in [1.165, 1.54) is 6.92 Å². The lowest BCUT2D eigenvalue weighted by Crippen LogP contribution is -2.28. The normalized spacial score (nSPS) is 10.4. The van der Waals surface area contributed by atoms with Crippen molar-refractivity contribution in [1.29, 1.82) is 0 Å². The van der Waals surface area contributed by atoms with Crippen LogP contribution in [0.15, 0.2) is 0 Å². The molecule has 52 valence electrons. The van der Waals surface area contributed by atoms with Gasteiger partial charge in [0.2, 0.25) is 0 Å². The number of alkyl halides is 2. The fourth-order valence-corrected chi connectivity index (χ4v) is 0.305. The van der Waals surface area contributed by atoms with E-state index < -0.39 is 12.5 Å². The number of rotatable bonds is 3. The molecular formula is C6H9F2N. The molecule has 3 heteroatoms. The zero-order valence-corrected chi connectivity index (χ0v) is 5.25. The van der Waals surface area contributed by atoms with Gasteiger partial charge in [-0.2, -0.15) is 0 Å². The molecule has 0 aromatic carbocycles. The number of hydrogen-bond acceptors (Lipinski definition) is 1. The Morgan fingerprint density at radius 3 is 2.56 bits per heavy atom. The molecule has 0 radical (unpaired) electrons. The molecule has 0 heterocycles. The molecule has 0 aliphatic carbocycles. The predicted molar refractivity (Wildman–Crippen MR) is 32.1 cm³/mol. The molecule has 0 saturated heterocycles. The molecule has 1 N–H and O–H groups in total. The molecule has 0 aliphatic heterocycles. The van der Waals surface area contributed by atoms with E-state index in [1.807, 2.05) is 6.04 Å². The average molecular weight is 133 g/mol. The first-order valence-corrected chi connectivity index (χ1v) is 2.68. The van der Waals surface area contributed by atoms with Crippen molar-refractivity contribution in [2.45, 2.75) is 19.3 Å². The molecule has 0 atom stereocenters. The van der Waals surface area contributed by atoms with Gasteiger partial charge in [0, 0.05) is 12.5 Å². The van der Waals surface area contributed by atoms with Gasteiger partial charge in [-0.1, -0.05) is 13.3 Å². The Labute approximate surface area is 53.4 Å². The van der Waals surface area contributed by atoms with E-state index in [0.717, 1.165) is 0 Å². The van der Waals surface area contributed by atoms with Gasteiger partial charge in [0.25, 0.3) is 5.92 Å². The highest BCUT2D eigenvalue weighted by molar-refractivity contribution is 4.83. The summed E-state index contributed by atoms with van der Waals surface area (Å²) in [4.78, 5) is 0. The Morgan fingerprint density at radius 1 is 1.67 bits per heavy atom. The fraction of sp³-hybridized carbons (Fsp3) is 0.667. The van der Waals surface area contributed by atoms with Crippen LogP contribution in [0.5, 0.6) is 0 Å². The number of halogens is 2. The average Bonchev–Trinajstić information content (AvgIpc) is 1.84. The summed E-state index contributed by atoms with van der Waals surface area (Å²) >= 11 is 0. The summed E-state index contributed by atoms with van der Waals surface area (Å²) < 4.78 is 24.4. The van der Waals surface area contributed by atoms with Crippen LogP contribution in [0.1, 0.15) is 13.3 Å². The van der Waals surface area contributed by atoms with Crippen LogP contribution in [0.25, 0.3) is 0 Å². The molecule has 0 rings (SSSR count). The van der Waals surface area contributed by atoms with Crippen LogP contribution in [0.3, 0.4) is 0 Å². The molecule has 0 spiro atoms. The topological polar surface area (TPSA) is 12.0 Å². The van der Waals surface area contributed by atoms with E-state index in [1.54, 1.807) is 0 Å². The Bertz CT molecular complexity index is 115. The van der Waals surface area contributed by atoms with E-state index in [9.17, 15) is 8.78 Å². The smallest absolute Gasteiger partial charge is 0.265 e. The second-order valence-corrected chi connectivity index (χ2v) is 1.71. The Balaban J connectivity index is 3.48. The van der Waals surface area contributed by atoms with E-state index in [-0.39, 0.29) is 6.42 Å². The van der Waals surface area contributed by atoms with E-state index >= 15 is 0 Å². The first-order chi connectivity index (χ1) is 4.12. The summed E-state index contributed by atoms with van der Waals surface area (Å²) in [7, 11) is 0. The van der Waals surface area contributed by atoms with Crippen molar-refractivity contribution in [3.05, 3.63) is 0 Å². The van der Waals surface area contributed by atoms with Crippen LogP contribution in [0, 0.1) is 12.5 Å². The van der Waals surface area contributed by atoms with E-state index in [2.05, 4.69) is 5.32 Å². The minimum absolute atomic E-state index is 0.179. The summed E-state index contributed by atoms with van der Waals surface area (Å²) in [5.74, 6) is -2.66. The summed E-state index contributed by atoms with van der Waals surface area (Å²) in [5, 5.41) is 2.12. The van der Waals surface area contributed by atoms with Crippen LogP contribution < -0.4 is 5.32 Å². The van der Waals surface area contributed by atoms with Gasteiger partial charge in [-0.3, -0.25) is 0 Å². The van der Waals surface area contributed by atoms with Crippen LogP contribution in [0.2, 0.25) is 0 Å². The van der Waals surface area contributed by atoms with Gasteiger partial charge in [0.05, 0.1) is 6.54 Å². The van der Waals surface area contributed by atoms with Gasteiger partial charge in [-0.15, -0.1) is 0 Å². The lowest BCUT2D eigenvalue weighted by atomic mass is 10.3. The van der Waals surface area contributed by atoms with Gasteiger partial charge in [-0.25, -0.2) is 8.78 Å². The van der Waals surface area contributed by atoms with Crippen LogP contribution in [0.4, 0.5) is 8.78 Å². The predicted octanol–water partition coefficient (Wildman–Crippen LogP) is 1.21. The molecule has 0 unspecified atom stereocenters. The summed E-state index contributed by atoms with van der Waals surface area (Å²) in [5.41, 5.74) is 0. The summed E-state index contributed by atoms with van der Waals surface area (Å²) in [6.45, 7) is 0.984. The van der Waals surface area contributed by atoms with Crippen molar-refractivity contribution < 1.29 is 8.78 Å². The van der Waals surface area contributed by atoms with Crippen molar-refractivity contribution in [3.8, 4) is 12.5 Å². The van der Waals surface area contributed by atoms with Gasteiger partial charge in [0.15, 0.2) is 0 Å². The quantitative estimate of drug-likeness (QED) is 0.450. The fourth-order valence-electron chi connectivity index (χ4n) is 0.305. The number of terminal acetylenes is 1. The highest BCUT2D eigenvalue weighted by Crippen LogP contribution is 2.15. The van der Waals surface area contributed by atoms with E-state index in [0.29, 0.717) is 0 Å². The highest BCUT2D eigenvalue weighted by atomic mass is 19.3. The maximum atomic E-state index is 12.2. The molecular weight excluding hydrogens is 124 g/mol.